The third-order valence-corrected chi connectivity index (χ3v) is 4.31. The van der Waals surface area contributed by atoms with Crippen LogP contribution in [-0.2, 0) is 0 Å². The molecule has 118 valence electrons. The fourth-order valence-electron chi connectivity index (χ4n) is 3.06. The Morgan fingerprint density at radius 1 is 1.18 bits per heavy atom. The molecule has 0 aliphatic carbocycles. The minimum atomic E-state index is -1.02. The summed E-state index contributed by atoms with van der Waals surface area (Å²) in [7, 11) is 0. The predicted octanol–water partition coefficient (Wildman–Crippen LogP) is 1.93. The number of hydrogen-bond donors (Lipinski definition) is 1. The first-order valence-corrected chi connectivity index (χ1v) is 7.53. The number of likely N-dealkylation sites (tertiary alicyclic amines) is 1. The lowest BCUT2D eigenvalue weighted by Crippen LogP contribution is -2.47. The quantitative estimate of drug-likeness (QED) is 0.844. The van der Waals surface area contributed by atoms with Crippen LogP contribution in [0, 0.1) is 0 Å². The Morgan fingerprint density at radius 2 is 1.95 bits per heavy atom. The molecule has 0 atom stereocenters. The van der Waals surface area contributed by atoms with Crippen LogP contribution in [-0.4, -0.2) is 58.2 Å². The van der Waals surface area contributed by atoms with Crippen molar-refractivity contribution in [1.29, 1.82) is 0 Å². The zero-order valence-corrected chi connectivity index (χ0v) is 12.3. The van der Waals surface area contributed by atoms with E-state index in [0.29, 0.717) is 38.2 Å². The number of amides is 2. The lowest BCUT2D eigenvalue weighted by molar-refractivity contribution is 0.0693. The number of rotatable bonds is 2. The molecule has 0 aromatic carbocycles. The molecule has 0 saturated carbocycles. The van der Waals surface area contributed by atoms with Crippen LogP contribution in [0.15, 0.2) is 22.9 Å². The fraction of sp³-hybridized carbons (Fsp3) is 0.533. The topological polar surface area (TPSA) is 86.9 Å². The van der Waals surface area contributed by atoms with E-state index in [-0.39, 0.29) is 17.5 Å². The molecule has 3 rings (SSSR count). The molecule has 22 heavy (non-hydrogen) atoms. The van der Waals surface area contributed by atoms with Crippen molar-refractivity contribution in [3.8, 4) is 0 Å². The summed E-state index contributed by atoms with van der Waals surface area (Å²) in [6.45, 7) is 2.68. The van der Waals surface area contributed by atoms with Gasteiger partial charge in [-0.3, -0.25) is 0 Å². The van der Waals surface area contributed by atoms with Gasteiger partial charge in [0, 0.05) is 32.1 Å². The van der Waals surface area contributed by atoms with Crippen LogP contribution in [0.25, 0.3) is 0 Å². The summed E-state index contributed by atoms with van der Waals surface area (Å²) in [5.74, 6) is -0.981. The van der Waals surface area contributed by atoms with Gasteiger partial charge in [-0.25, -0.2) is 9.59 Å². The molecule has 0 bridgehead atoms. The predicted molar refractivity (Wildman–Crippen MR) is 77.7 cm³/mol. The van der Waals surface area contributed by atoms with E-state index in [0.717, 1.165) is 13.0 Å². The SMILES string of the molecule is O=C(O)c1conc1C1CCN(C(=O)N2CC=CCC2)CC1. The molecule has 2 aliphatic rings. The molecule has 2 aliphatic heterocycles. The Labute approximate surface area is 128 Å². The molecule has 1 aromatic heterocycles. The summed E-state index contributed by atoms with van der Waals surface area (Å²) in [5.41, 5.74) is 0.631. The first-order chi connectivity index (χ1) is 10.7. The van der Waals surface area contributed by atoms with Gasteiger partial charge < -0.3 is 19.4 Å². The second-order valence-corrected chi connectivity index (χ2v) is 5.67. The van der Waals surface area contributed by atoms with Gasteiger partial charge in [-0.05, 0) is 19.3 Å². The number of carbonyl (C=O) groups excluding carboxylic acids is 1. The molecule has 1 aromatic rings. The molecule has 2 amide bonds. The number of aromatic nitrogens is 1. The number of piperidine rings is 1. The van der Waals surface area contributed by atoms with Crippen molar-refractivity contribution in [1.82, 2.24) is 15.0 Å². The largest absolute Gasteiger partial charge is 0.478 e. The zero-order valence-electron chi connectivity index (χ0n) is 12.3. The number of urea groups is 1. The fourth-order valence-corrected chi connectivity index (χ4v) is 3.06. The standard InChI is InChI=1S/C15H19N3O4/c19-14(20)12-10-22-16-13(12)11-4-8-18(9-5-11)15(21)17-6-2-1-3-7-17/h1-2,10-11H,3-9H2,(H,19,20). The van der Waals surface area contributed by atoms with E-state index in [2.05, 4.69) is 11.2 Å². The third-order valence-electron chi connectivity index (χ3n) is 4.31. The average molecular weight is 305 g/mol. The van der Waals surface area contributed by atoms with Crippen LogP contribution in [0.4, 0.5) is 4.79 Å². The van der Waals surface area contributed by atoms with Gasteiger partial charge in [-0.2, -0.15) is 0 Å². The zero-order chi connectivity index (χ0) is 15.5. The lowest BCUT2D eigenvalue weighted by atomic mass is 9.91. The van der Waals surface area contributed by atoms with Gasteiger partial charge in [-0.1, -0.05) is 17.3 Å². The Bertz CT molecular complexity index is 587. The lowest BCUT2D eigenvalue weighted by Gasteiger charge is -2.35. The van der Waals surface area contributed by atoms with E-state index in [1.54, 1.807) is 0 Å². The van der Waals surface area contributed by atoms with Crippen molar-refractivity contribution >= 4 is 12.0 Å². The molecule has 0 radical (unpaired) electrons. The second kappa shape index (κ2) is 6.21. The molecule has 1 fully saturated rings. The van der Waals surface area contributed by atoms with Gasteiger partial charge in [0.1, 0.15) is 17.5 Å². The number of nitrogens with zero attached hydrogens (tertiary/aromatic N) is 3. The van der Waals surface area contributed by atoms with E-state index in [1.807, 2.05) is 15.9 Å². The third kappa shape index (κ3) is 2.84. The van der Waals surface area contributed by atoms with Crippen molar-refractivity contribution in [3.63, 3.8) is 0 Å². The summed E-state index contributed by atoms with van der Waals surface area (Å²) < 4.78 is 4.80. The van der Waals surface area contributed by atoms with Crippen LogP contribution in [0.3, 0.4) is 0 Å². The summed E-state index contributed by atoms with van der Waals surface area (Å²) >= 11 is 0. The molecule has 1 saturated heterocycles. The Kier molecular flexibility index (Phi) is 4.13. The Morgan fingerprint density at radius 3 is 2.59 bits per heavy atom. The Hall–Kier alpha value is -2.31. The first-order valence-electron chi connectivity index (χ1n) is 7.53. The maximum atomic E-state index is 12.4. The van der Waals surface area contributed by atoms with E-state index >= 15 is 0 Å². The number of aromatic carboxylic acids is 1. The maximum Gasteiger partial charge on any atom is 0.340 e. The van der Waals surface area contributed by atoms with Gasteiger partial charge in [-0.15, -0.1) is 0 Å². The normalized spacial score (nSPS) is 19.5. The molecule has 7 heteroatoms. The highest BCUT2D eigenvalue weighted by Crippen LogP contribution is 2.30. The van der Waals surface area contributed by atoms with E-state index in [1.165, 1.54) is 6.26 Å². The first kappa shape index (κ1) is 14.6. The maximum absolute atomic E-state index is 12.4. The van der Waals surface area contributed by atoms with Crippen LogP contribution in [0.2, 0.25) is 0 Å². The van der Waals surface area contributed by atoms with E-state index in [9.17, 15) is 9.59 Å². The minimum absolute atomic E-state index is 0.0372. The molecule has 0 unspecified atom stereocenters. The smallest absolute Gasteiger partial charge is 0.340 e. The highest BCUT2D eigenvalue weighted by molar-refractivity contribution is 5.88. The van der Waals surface area contributed by atoms with Crippen LogP contribution in [0.1, 0.15) is 41.2 Å². The molecular weight excluding hydrogens is 286 g/mol. The molecule has 0 spiro atoms. The van der Waals surface area contributed by atoms with Crippen molar-refractivity contribution < 1.29 is 19.2 Å². The monoisotopic (exact) mass is 305 g/mol. The average Bonchev–Trinajstić information content (AvgIpc) is 3.05. The van der Waals surface area contributed by atoms with Crippen LogP contribution in [0.5, 0.6) is 0 Å². The number of hydrogen-bond acceptors (Lipinski definition) is 4. The molecule has 3 heterocycles. The van der Waals surface area contributed by atoms with Gasteiger partial charge in [0.05, 0.1) is 0 Å². The van der Waals surface area contributed by atoms with Crippen molar-refractivity contribution in [2.45, 2.75) is 25.2 Å². The van der Waals surface area contributed by atoms with Gasteiger partial charge >= 0.3 is 12.0 Å². The number of carboxylic acids is 1. The minimum Gasteiger partial charge on any atom is -0.478 e. The van der Waals surface area contributed by atoms with E-state index < -0.39 is 5.97 Å². The van der Waals surface area contributed by atoms with Crippen LogP contribution >= 0.6 is 0 Å². The highest BCUT2D eigenvalue weighted by Gasteiger charge is 2.30. The summed E-state index contributed by atoms with van der Waals surface area (Å²) in [5, 5.41) is 13.0. The number of carboxylic acid groups (broad SMARTS) is 1. The van der Waals surface area contributed by atoms with Crippen molar-refractivity contribution in [2.24, 2.45) is 0 Å². The molecule has 1 N–H and O–H groups in total. The summed E-state index contributed by atoms with van der Waals surface area (Å²) in [4.78, 5) is 27.2. The highest BCUT2D eigenvalue weighted by atomic mass is 16.5. The van der Waals surface area contributed by atoms with E-state index in [4.69, 9.17) is 9.63 Å². The van der Waals surface area contributed by atoms with Crippen molar-refractivity contribution in [2.75, 3.05) is 26.2 Å². The van der Waals surface area contributed by atoms with Crippen molar-refractivity contribution in [3.05, 3.63) is 29.7 Å². The Balaban J connectivity index is 1.60. The van der Waals surface area contributed by atoms with Gasteiger partial charge in [0.2, 0.25) is 0 Å². The summed E-state index contributed by atoms with van der Waals surface area (Å²) in [6, 6.07) is 0.0708. The molecular formula is C15H19N3O4. The molecule has 7 nitrogen and oxygen atoms in total. The van der Waals surface area contributed by atoms with Crippen LogP contribution < -0.4 is 0 Å². The van der Waals surface area contributed by atoms with Gasteiger partial charge in [0.15, 0.2) is 0 Å². The van der Waals surface area contributed by atoms with Gasteiger partial charge in [0.25, 0.3) is 0 Å². The second-order valence-electron chi connectivity index (χ2n) is 5.67. The summed E-state index contributed by atoms with van der Waals surface area (Å²) in [6.07, 6.45) is 7.61. The number of carbonyl (C=O) groups is 2.